The van der Waals surface area contributed by atoms with E-state index in [-0.39, 0.29) is 11.7 Å². The number of hydrogen-bond donors (Lipinski definition) is 0. The van der Waals surface area contributed by atoms with Crippen molar-refractivity contribution in [2.24, 2.45) is 5.92 Å². The van der Waals surface area contributed by atoms with Crippen LogP contribution in [0.15, 0.2) is 12.2 Å². The fourth-order valence-corrected chi connectivity index (χ4v) is 2.10. The van der Waals surface area contributed by atoms with Gasteiger partial charge in [-0.2, -0.15) is 0 Å². The van der Waals surface area contributed by atoms with Crippen LogP contribution in [0.2, 0.25) is 0 Å². The number of rotatable bonds is 4. The molecule has 0 N–H and O–H groups in total. The molecule has 0 aromatic heterocycles. The van der Waals surface area contributed by atoms with Crippen LogP contribution in [0.4, 0.5) is 0 Å². The second-order valence-electron chi connectivity index (χ2n) is 4.79. The zero-order valence-electron chi connectivity index (χ0n) is 9.48. The average Bonchev–Trinajstić information content (AvgIpc) is 2.16. The molecule has 0 aliphatic carbocycles. The summed E-state index contributed by atoms with van der Waals surface area (Å²) in [6, 6.07) is 0. The van der Waals surface area contributed by atoms with Gasteiger partial charge in [0, 0.05) is 32.0 Å². The lowest BCUT2D eigenvalue weighted by Gasteiger charge is -2.46. The quantitative estimate of drug-likeness (QED) is 0.652. The van der Waals surface area contributed by atoms with Crippen LogP contribution < -0.4 is 0 Å². The molecule has 3 aliphatic rings. The fraction of sp³-hybridized carbons (Fsp3) is 0.750. The van der Waals surface area contributed by atoms with Crippen molar-refractivity contribution in [3.8, 4) is 0 Å². The maximum absolute atomic E-state index is 11.3. The highest BCUT2D eigenvalue weighted by Gasteiger charge is 2.37. The van der Waals surface area contributed by atoms with E-state index in [4.69, 9.17) is 4.74 Å². The van der Waals surface area contributed by atoms with Crippen molar-refractivity contribution < 1.29 is 9.53 Å². The highest BCUT2D eigenvalue weighted by molar-refractivity contribution is 5.91. The van der Waals surface area contributed by atoms with E-state index >= 15 is 0 Å². The van der Waals surface area contributed by atoms with Crippen LogP contribution in [0.5, 0.6) is 0 Å². The number of carbonyl (C=O) groups excluding carboxylic acids is 1. The number of allylic oxidation sites excluding steroid dienone is 1. The normalized spacial score (nSPS) is 30.9. The van der Waals surface area contributed by atoms with E-state index < -0.39 is 0 Å². The molecule has 3 rings (SSSR count). The van der Waals surface area contributed by atoms with E-state index in [1.165, 1.54) is 6.42 Å². The molecule has 2 bridgehead atoms. The number of piperidine rings is 1. The third-order valence-electron chi connectivity index (χ3n) is 3.05. The monoisotopic (exact) mass is 209 g/mol. The maximum Gasteiger partial charge on any atom is 0.157 e. The van der Waals surface area contributed by atoms with Gasteiger partial charge in [-0.25, -0.2) is 0 Å². The molecule has 0 amide bonds. The van der Waals surface area contributed by atoms with Crippen molar-refractivity contribution in [2.75, 3.05) is 19.6 Å². The summed E-state index contributed by atoms with van der Waals surface area (Å²) in [5, 5.41) is 0. The molecular weight excluding hydrogens is 190 g/mol. The van der Waals surface area contributed by atoms with Gasteiger partial charge in [-0.3, -0.25) is 9.69 Å². The van der Waals surface area contributed by atoms with Gasteiger partial charge in [0.05, 0.1) is 12.2 Å². The smallest absolute Gasteiger partial charge is 0.157 e. The Balaban J connectivity index is 1.71. The van der Waals surface area contributed by atoms with Gasteiger partial charge < -0.3 is 4.74 Å². The predicted octanol–water partition coefficient (Wildman–Crippen LogP) is 1.24. The van der Waals surface area contributed by atoms with Crippen molar-refractivity contribution in [1.82, 2.24) is 4.90 Å². The largest absolute Gasteiger partial charge is 0.372 e. The summed E-state index contributed by atoms with van der Waals surface area (Å²) in [6.07, 6.45) is 5.83. The summed E-state index contributed by atoms with van der Waals surface area (Å²) < 4.78 is 5.54. The van der Waals surface area contributed by atoms with Gasteiger partial charge in [0.25, 0.3) is 0 Å². The van der Waals surface area contributed by atoms with Gasteiger partial charge >= 0.3 is 0 Å². The van der Waals surface area contributed by atoms with Gasteiger partial charge in [-0.15, -0.1) is 0 Å². The number of carbonyl (C=O) groups is 1. The molecule has 15 heavy (non-hydrogen) atoms. The minimum Gasteiger partial charge on any atom is -0.372 e. The van der Waals surface area contributed by atoms with Crippen LogP contribution >= 0.6 is 0 Å². The number of nitrogens with zero attached hydrogens (tertiary/aromatic N) is 1. The third kappa shape index (κ3) is 2.67. The van der Waals surface area contributed by atoms with Crippen molar-refractivity contribution >= 4 is 5.78 Å². The SMILES string of the molecule is CC(C)C(=O)/C=C/CN1CC2CC(C1)O2. The molecule has 3 heteroatoms. The molecule has 2 atom stereocenters. The summed E-state index contributed by atoms with van der Waals surface area (Å²) in [4.78, 5) is 13.7. The molecule has 0 radical (unpaired) electrons. The minimum absolute atomic E-state index is 0.111. The Morgan fingerprint density at radius 1 is 1.47 bits per heavy atom. The lowest BCUT2D eigenvalue weighted by Crippen LogP contribution is -2.57. The summed E-state index contributed by atoms with van der Waals surface area (Å²) >= 11 is 0. The maximum atomic E-state index is 11.3. The highest BCUT2D eigenvalue weighted by Crippen LogP contribution is 2.27. The Morgan fingerprint density at radius 3 is 2.60 bits per heavy atom. The third-order valence-corrected chi connectivity index (χ3v) is 3.05. The summed E-state index contributed by atoms with van der Waals surface area (Å²) in [7, 11) is 0. The van der Waals surface area contributed by atoms with E-state index in [1.54, 1.807) is 6.08 Å². The van der Waals surface area contributed by atoms with E-state index in [0.717, 1.165) is 19.6 Å². The molecule has 3 heterocycles. The van der Waals surface area contributed by atoms with Crippen LogP contribution in [0.3, 0.4) is 0 Å². The molecule has 0 saturated carbocycles. The number of ether oxygens (including phenoxy) is 1. The number of morpholine rings is 1. The zero-order chi connectivity index (χ0) is 10.8. The van der Waals surface area contributed by atoms with Gasteiger partial charge in [0.1, 0.15) is 0 Å². The Labute approximate surface area is 91.1 Å². The Kier molecular flexibility index (Phi) is 3.22. The molecule has 3 nitrogen and oxygen atoms in total. The Hall–Kier alpha value is -0.670. The standard InChI is InChI=1S/C12H19NO2/c1-9(2)12(14)4-3-5-13-7-10-6-11(8-13)15-10/h3-4,9-11H,5-8H2,1-2H3/b4-3+. The Bertz CT molecular complexity index is 257. The first-order valence-electron chi connectivity index (χ1n) is 5.73. The number of ketones is 1. The zero-order valence-corrected chi connectivity index (χ0v) is 9.48. The lowest BCUT2D eigenvalue weighted by atomic mass is 9.99. The fourth-order valence-electron chi connectivity index (χ4n) is 2.10. The summed E-state index contributed by atoms with van der Waals surface area (Å²) in [5.74, 6) is 0.327. The highest BCUT2D eigenvalue weighted by atomic mass is 16.5. The molecule has 3 saturated heterocycles. The minimum atomic E-state index is 0.111. The van der Waals surface area contributed by atoms with Gasteiger partial charge in [-0.1, -0.05) is 19.9 Å². The van der Waals surface area contributed by atoms with E-state index in [2.05, 4.69) is 4.90 Å². The summed E-state index contributed by atoms with van der Waals surface area (Å²) in [5.41, 5.74) is 0. The van der Waals surface area contributed by atoms with Crippen molar-refractivity contribution in [2.45, 2.75) is 32.5 Å². The van der Waals surface area contributed by atoms with E-state index in [1.807, 2.05) is 19.9 Å². The van der Waals surface area contributed by atoms with Crippen LogP contribution in [0.25, 0.3) is 0 Å². The van der Waals surface area contributed by atoms with Crippen molar-refractivity contribution in [1.29, 1.82) is 0 Å². The van der Waals surface area contributed by atoms with Crippen LogP contribution in [0, 0.1) is 5.92 Å². The molecule has 0 spiro atoms. The van der Waals surface area contributed by atoms with Crippen LogP contribution in [0.1, 0.15) is 20.3 Å². The first-order valence-corrected chi connectivity index (χ1v) is 5.73. The molecule has 84 valence electrons. The molecule has 0 aromatic rings. The predicted molar refractivity (Wildman–Crippen MR) is 58.7 cm³/mol. The van der Waals surface area contributed by atoms with Crippen molar-refractivity contribution in [3.63, 3.8) is 0 Å². The van der Waals surface area contributed by atoms with E-state index in [0.29, 0.717) is 12.2 Å². The molecule has 3 fully saturated rings. The van der Waals surface area contributed by atoms with Gasteiger partial charge in [-0.05, 0) is 6.08 Å². The average molecular weight is 209 g/mol. The lowest BCUT2D eigenvalue weighted by molar-refractivity contribution is -0.178. The second-order valence-corrected chi connectivity index (χ2v) is 4.79. The van der Waals surface area contributed by atoms with E-state index in [9.17, 15) is 4.79 Å². The second kappa shape index (κ2) is 4.45. The molecule has 0 aromatic carbocycles. The molecule has 2 unspecified atom stereocenters. The van der Waals surface area contributed by atoms with Gasteiger partial charge in [0.15, 0.2) is 5.78 Å². The topological polar surface area (TPSA) is 29.5 Å². The number of fused-ring (bicyclic) bond motifs is 2. The number of hydrogen-bond acceptors (Lipinski definition) is 3. The Morgan fingerprint density at radius 2 is 2.07 bits per heavy atom. The van der Waals surface area contributed by atoms with Crippen molar-refractivity contribution in [3.05, 3.63) is 12.2 Å². The van der Waals surface area contributed by atoms with Gasteiger partial charge in [0.2, 0.25) is 0 Å². The van der Waals surface area contributed by atoms with Crippen LogP contribution in [-0.2, 0) is 9.53 Å². The molecular formula is C12H19NO2. The summed E-state index contributed by atoms with van der Waals surface area (Å²) in [6.45, 7) is 6.79. The molecule has 3 aliphatic heterocycles. The first kappa shape index (κ1) is 10.8. The van der Waals surface area contributed by atoms with Crippen LogP contribution in [-0.4, -0.2) is 42.5 Å². The first-order chi connectivity index (χ1) is 7.15.